The molecule has 1 saturated carbocycles. The number of aromatic nitrogens is 1. The molecule has 0 spiro atoms. The maximum atomic E-state index is 12.3. The van der Waals surface area contributed by atoms with Crippen molar-refractivity contribution < 1.29 is 9.53 Å². The number of hydrazone groups is 1. The third-order valence-corrected chi connectivity index (χ3v) is 5.42. The Balaban J connectivity index is 1.62. The first kappa shape index (κ1) is 20.2. The molecule has 28 heavy (non-hydrogen) atoms. The fourth-order valence-electron chi connectivity index (χ4n) is 3.98. The molecule has 1 aliphatic carbocycles. The molecule has 0 bridgehead atoms. The summed E-state index contributed by atoms with van der Waals surface area (Å²) in [6, 6.07) is 9.88. The first-order valence-corrected chi connectivity index (χ1v) is 10.3. The number of hydrogen-bond donors (Lipinski definition) is 1. The van der Waals surface area contributed by atoms with E-state index >= 15 is 0 Å². The highest BCUT2D eigenvalue weighted by atomic mass is 16.5. The van der Waals surface area contributed by atoms with E-state index < -0.39 is 0 Å². The van der Waals surface area contributed by atoms with Crippen molar-refractivity contribution >= 4 is 12.1 Å². The predicted octanol–water partition coefficient (Wildman–Crippen LogP) is 5.16. The number of benzene rings is 1. The van der Waals surface area contributed by atoms with E-state index in [0.717, 1.165) is 17.7 Å². The van der Waals surface area contributed by atoms with Crippen molar-refractivity contribution in [2.45, 2.75) is 65.3 Å². The molecule has 0 radical (unpaired) electrons. The van der Waals surface area contributed by atoms with Crippen molar-refractivity contribution in [1.29, 1.82) is 0 Å². The lowest BCUT2D eigenvalue weighted by molar-refractivity contribution is 0.0955. The van der Waals surface area contributed by atoms with Gasteiger partial charge >= 0.3 is 0 Å². The lowest BCUT2D eigenvalue weighted by atomic mass is 9.95. The predicted molar refractivity (Wildman–Crippen MR) is 113 cm³/mol. The topological polar surface area (TPSA) is 55.6 Å². The highest BCUT2D eigenvalue weighted by Crippen LogP contribution is 2.31. The zero-order valence-electron chi connectivity index (χ0n) is 17.2. The highest BCUT2D eigenvalue weighted by molar-refractivity contribution is 5.95. The normalized spacial score (nSPS) is 15.1. The van der Waals surface area contributed by atoms with Crippen LogP contribution in [0.25, 0.3) is 0 Å². The molecular formula is C23H31N3O2. The van der Waals surface area contributed by atoms with E-state index in [1.54, 1.807) is 18.3 Å². The standard InChI is InChI=1S/C23H31N3O2/c1-4-14-28-22-12-10-19(11-13-22)23(27)25-24-16-20-15-17(2)26(18(20)3)21-8-6-5-7-9-21/h10-13,15-16,21H,4-9,14H2,1-3H3,(H,25,27)/b24-16+. The Labute approximate surface area is 167 Å². The Bertz CT molecular complexity index is 815. The second-order valence-electron chi connectivity index (χ2n) is 7.56. The summed E-state index contributed by atoms with van der Waals surface area (Å²) in [6.45, 7) is 7.03. The zero-order valence-corrected chi connectivity index (χ0v) is 17.2. The lowest BCUT2D eigenvalue weighted by Gasteiger charge is -2.26. The SMILES string of the molecule is CCCOc1ccc(C(=O)N/N=C/c2cc(C)n(C3CCCCC3)c2C)cc1. The number of hydrogen-bond acceptors (Lipinski definition) is 3. The summed E-state index contributed by atoms with van der Waals surface area (Å²) in [6.07, 6.45) is 9.18. The molecule has 1 aromatic heterocycles. The molecule has 0 unspecified atom stereocenters. The number of amides is 1. The molecule has 0 saturated heterocycles. The molecule has 1 amide bonds. The third kappa shape index (κ3) is 4.83. The van der Waals surface area contributed by atoms with Gasteiger partial charge in [0, 0.05) is 28.6 Å². The largest absolute Gasteiger partial charge is 0.494 e. The van der Waals surface area contributed by atoms with Gasteiger partial charge in [0.1, 0.15) is 5.75 Å². The van der Waals surface area contributed by atoms with Crippen LogP contribution in [0, 0.1) is 13.8 Å². The minimum atomic E-state index is -0.223. The van der Waals surface area contributed by atoms with E-state index in [-0.39, 0.29) is 5.91 Å². The molecule has 1 fully saturated rings. The van der Waals surface area contributed by atoms with Crippen LogP contribution in [0.2, 0.25) is 0 Å². The Morgan fingerprint density at radius 2 is 1.93 bits per heavy atom. The number of carbonyl (C=O) groups is 1. The van der Waals surface area contributed by atoms with Gasteiger partial charge in [0.05, 0.1) is 12.8 Å². The molecule has 5 nitrogen and oxygen atoms in total. The molecule has 5 heteroatoms. The first-order valence-electron chi connectivity index (χ1n) is 10.3. The maximum Gasteiger partial charge on any atom is 0.271 e. The number of aryl methyl sites for hydroxylation is 1. The minimum absolute atomic E-state index is 0.223. The molecule has 1 N–H and O–H groups in total. The highest BCUT2D eigenvalue weighted by Gasteiger charge is 2.19. The van der Waals surface area contributed by atoms with E-state index in [1.165, 1.54) is 43.5 Å². The Hall–Kier alpha value is -2.56. The summed E-state index contributed by atoms with van der Waals surface area (Å²) in [5.41, 5.74) is 6.74. The van der Waals surface area contributed by atoms with Gasteiger partial charge in [-0.15, -0.1) is 0 Å². The van der Waals surface area contributed by atoms with Gasteiger partial charge < -0.3 is 9.30 Å². The van der Waals surface area contributed by atoms with Crippen molar-refractivity contribution in [3.8, 4) is 5.75 Å². The van der Waals surface area contributed by atoms with E-state index in [4.69, 9.17) is 4.74 Å². The van der Waals surface area contributed by atoms with Crippen LogP contribution in [0.3, 0.4) is 0 Å². The van der Waals surface area contributed by atoms with Gasteiger partial charge in [-0.1, -0.05) is 26.2 Å². The fraction of sp³-hybridized carbons (Fsp3) is 0.478. The van der Waals surface area contributed by atoms with Gasteiger partial charge in [-0.2, -0.15) is 5.10 Å². The third-order valence-electron chi connectivity index (χ3n) is 5.42. The van der Waals surface area contributed by atoms with E-state index in [0.29, 0.717) is 18.2 Å². The summed E-state index contributed by atoms with van der Waals surface area (Å²) in [5, 5.41) is 4.18. The van der Waals surface area contributed by atoms with Crippen LogP contribution in [0.4, 0.5) is 0 Å². The Kier molecular flexibility index (Phi) is 6.90. The molecule has 1 aliphatic rings. The lowest BCUT2D eigenvalue weighted by Crippen LogP contribution is -2.17. The molecule has 0 aliphatic heterocycles. The van der Waals surface area contributed by atoms with Crippen LogP contribution in [0.1, 0.15) is 78.8 Å². The van der Waals surface area contributed by atoms with Gasteiger partial charge in [0.2, 0.25) is 0 Å². The second-order valence-corrected chi connectivity index (χ2v) is 7.56. The maximum absolute atomic E-state index is 12.3. The molecular weight excluding hydrogens is 350 g/mol. The number of ether oxygens (including phenoxy) is 1. The van der Waals surface area contributed by atoms with E-state index in [9.17, 15) is 4.79 Å². The van der Waals surface area contributed by atoms with Gasteiger partial charge in [-0.25, -0.2) is 5.43 Å². The van der Waals surface area contributed by atoms with Gasteiger partial charge in [0.25, 0.3) is 5.91 Å². The summed E-state index contributed by atoms with van der Waals surface area (Å²) < 4.78 is 7.98. The van der Waals surface area contributed by atoms with Crippen LogP contribution in [0.5, 0.6) is 5.75 Å². The zero-order chi connectivity index (χ0) is 19.9. The van der Waals surface area contributed by atoms with Crippen LogP contribution < -0.4 is 10.2 Å². The van der Waals surface area contributed by atoms with Crippen LogP contribution in [-0.4, -0.2) is 23.3 Å². The fourth-order valence-corrected chi connectivity index (χ4v) is 3.98. The van der Waals surface area contributed by atoms with Gasteiger partial charge in [-0.3, -0.25) is 4.79 Å². The number of carbonyl (C=O) groups excluding carboxylic acids is 1. The van der Waals surface area contributed by atoms with Crippen molar-refractivity contribution in [3.63, 3.8) is 0 Å². The molecule has 1 heterocycles. The number of rotatable bonds is 7. The molecule has 1 aromatic carbocycles. The van der Waals surface area contributed by atoms with Crippen LogP contribution in [-0.2, 0) is 0 Å². The van der Waals surface area contributed by atoms with Crippen molar-refractivity contribution in [2.75, 3.05) is 6.61 Å². The number of nitrogens with zero attached hydrogens (tertiary/aromatic N) is 2. The smallest absolute Gasteiger partial charge is 0.271 e. The average Bonchev–Trinajstić information content (AvgIpc) is 3.00. The van der Waals surface area contributed by atoms with E-state index in [1.807, 2.05) is 12.1 Å². The molecule has 0 atom stereocenters. The molecule has 3 rings (SSSR count). The van der Waals surface area contributed by atoms with E-state index in [2.05, 4.69) is 41.9 Å². The van der Waals surface area contributed by atoms with Crippen LogP contribution >= 0.6 is 0 Å². The monoisotopic (exact) mass is 381 g/mol. The van der Waals surface area contributed by atoms with Crippen molar-refractivity contribution in [3.05, 3.63) is 52.8 Å². The Morgan fingerprint density at radius 1 is 1.21 bits per heavy atom. The van der Waals surface area contributed by atoms with Crippen molar-refractivity contribution in [1.82, 2.24) is 9.99 Å². The minimum Gasteiger partial charge on any atom is -0.494 e. The summed E-state index contributed by atoms with van der Waals surface area (Å²) >= 11 is 0. The quantitative estimate of drug-likeness (QED) is 0.532. The van der Waals surface area contributed by atoms with Crippen molar-refractivity contribution in [2.24, 2.45) is 5.10 Å². The number of nitrogens with one attached hydrogen (secondary N) is 1. The van der Waals surface area contributed by atoms with Crippen LogP contribution in [0.15, 0.2) is 35.4 Å². The second kappa shape index (κ2) is 9.58. The molecule has 2 aromatic rings. The first-order chi connectivity index (χ1) is 13.6. The van der Waals surface area contributed by atoms with Gasteiger partial charge in [0.15, 0.2) is 0 Å². The summed E-state index contributed by atoms with van der Waals surface area (Å²) in [4.78, 5) is 12.3. The molecule has 150 valence electrons. The summed E-state index contributed by atoms with van der Waals surface area (Å²) in [5.74, 6) is 0.552. The average molecular weight is 382 g/mol. The van der Waals surface area contributed by atoms with Gasteiger partial charge in [-0.05, 0) is 63.4 Å². The summed E-state index contributed by atoms with van der Waals surface area (Å²) in [7, 11) is 0. The Morgan fingerprint density at radius 3 is 2.61 bits per heavy atom.